The van der Waals surface area contributed by atoms with E-state index in [1.54, 1.807) is 11.1 Å². The lowest BCUT2D eigenvalue weighted by Crippen LogP contribution is -2.31. The zero-order chi connectivity index (χ0) is 15.2. The Labute approximate surface area is 129 Å². The molecule has 2 aromatic carbocycles. The van der Waals surface area contributed by atoms with Crippen LogP contribution in [0, 0.1) is 0 Å². The fourth-order valence-corrected chi connectivity index (χ4v) is 2.20. The predicted octanol–water partition coefficient (Wildman–Crippen LogP) is 3.32. The second kappa shape index (κ2) is 6.63. The van der Waals surface area contributed by atoms with Crippen LogP contribution in [0.1, 0.15) is 16.1 Å². The maximum absolute atomic E-state index is 12.8. The number of para-hydroxylation sites is 1. The number of hydrogen-bond acceptors (Lipinski definition) is 3. The Bertz CT molecular complexity index is 730. The van der Waals surface area contributed by atoms with Crippen molar-refractivity contribution in [2.24, 2.45) is 0 Å². The van der Waals surface area contributed by atoms with Crippen molar-refractivity contribution in [3.05, 3.63) is 90.5 Å². The molecule has 4 nitrogen and oxygen atoms in total. The maximum Gasteiger partial charge on any atom is 0.278 e. The number of amides is 1. The molecule has 1 aromatic heterocycles. The SMILES string of the molecule is O=C(c1cnccn1)N(Cc1ccccc1)c1ccccc1. The molecule has 0 saturated heterocycles. The minimum atomic E-state index is -0.164. The van der Waals surface area contributed by atoms with Crippen LogP contribution in [0.4, 0.5) is 5.69 Å². The predicted molar refractivity (Wildman–Crippen MR) is 85.4 cm³/mol. The highest BCUT2D eigenvalue weighted by Crippen LogP contribution is 2.19. The first-order chi connectivity index (χ1) is 10.8. The van der Waals surface area contributed by atoms with Crippen LogP contribution in [0.2, 0.25) is 0 Å². The average molecular weight is 289 g/mol. The van der Waals surface area contributed by atoms with Gasteiger partial charge in [0.25, 0.3) is 5.91 Å². The van der Waals surface area contributed by atoms with Gasteiger partial charge in [0.15, 0.2) is 0 Å². The highest BCUT2D eigenvalue weighted by Gasteiger charge is 2.19. The smallest absolute Gasteiger partial charge is 0.278 e. The van der Waals surface area contributed by atoms with Crippen molar-refractivity contribution >= 4 is 11.6 Å². The van der Waals surface area contributed by atoms with Gasteiger partial charge in [-0.2, -0.15) is 0 Å². The summed E-state index contributed by atoms with van der Waals surface area (Å²) < 4.78 is 0. The third-order valence-corrected chi connectivity index (χ3v) is 3.28. The molecule has 0 aliphatic heterocycles. The lowest BCUT2D eigenvalue weighted by Gasteiger charge is -2.22. The highest BCUT2D eigenvalue weighted by molar-refractivity contribution is 6.04. The van der Waals surface area contributed by atoms with Crippen LogP contribution in [0.3, 0.4) is 0 Å². The fraction of sp³-hybridized carbons (Fsp3) is 0.0556. The van der Waals surface area contributed by atoms with Gasteiger partial charge in [-0.1, -0.05) is 48.5 Å². The van der Waals surface area contributed by atoms with Crippen LogP contribution >= 0.6 is 0 Å². The van der Waals surface area contributed by atoms with Crippen LogP contribution in [0.25, 0.3) is 0 Å². The number of anilines is 1. The number of carbonyl (C=O) groups is 1. The number of rotatable bonds is 4. The molecule has 108 valence electrons. The molecule has 1 heterocycles. The van der Waals surface area contributed by atoms with Crippen LogP contribution < -0.4 is 4.90 Å². The average Bonchev–Trinajstić information content (AvgIpc) is 2.61. The molecular formula is C18H15N3O. The van der Waals surface area contributed by atoms with E-state index >= 15 is 0 Å². The molecule has 0 aliphatic carbocycles. The highest BCUT2D eigenvalue weighted by atomic mass is 16.2. The summed E-state index contributed by atoms with van der Waals surface area (Å²) in [6.45, 7) is 0.486. The normalized spacial score (nSPS) is 10.2. The van der Waals surface area contributed by atoms with E-state index in [1.165, 1.54) is 12.4 Å². The van der Waals surface area contributed by atoms with Crippen molar-refractivity contribution in [3.8, 4) is 0 Å². The number of carbonyl (C=O) groups excluding carboxylic acids is 1. The number of hydrogen-bond donors (Lipinski definition) is 0. The Hall–Kier alpha value is -3.01. The molecule has 22 heavy (non-hydrogen) atoms. The van der Waals surface area contributed by atoms with Gasteiger partial charge in [-0.3, -0.25) is 9.78 Å². The zero-order valence-corrected chi connectivity index (χ0v) is 12.0. The molecule has 0 saturated carbocycles. The van der Waals surface area contributed by atoms with E-state index in [2.05, 4.69) is 9.97 Å². The molecule has 0 radical (unpaired) electrons. The minimum Gasteiger partial charge on any atom is -0.303 e. The third kappa shape index (κ3) is 3.17. The van der Waals surface area contributed by atoms with E-state index in [0.29, 0.717) is 12.2 Å². The summed E-state index contributed by atoms with van der Waals surface area (Å²) in [5.41, 5.74) is 2.23. The van der Waals surface area contributed by atoms with Gasteiger partial charge in [-0.15, -0.1) is 0 Å². The molecule has 3 rings (SSSR count). The molecule has 0 spiro atoms. The van der Waals surface area contributed by atoms with Gasteiger partial charge in [0.1, 0.15) is 5.69 Å². The number of benzene rings is 2. The molecule has 4 heteroatoms. The molecule has 0 unspecified atom stereocenters. The topological polar surface area (TPSA) is 46.1 Å². The molecule has 0 bridgehead atoms. The lowest BCUT2D eigenvalue weighted by atomic mass is 10.2. The van der Waals surface area contributed by atoms with Crippen molar-refractivity contribution in [2.75, 3.05) is 4.90 Å². The minimum absolute atomic E-state index is 0.164. The summed E-state index contributed by atoms with van der Waals surface area (Å²) >= 11 is 0. The van der Waals surface area contributed by atoms with Crippen molar-refractivity contribution in [1.82, 2.24) is 9.97 Å². The first kappa shape index (κ1) is 13.9. The Morgan fingerprint density at radius 1 is 0.909 bits per heavy atom. The van der Waals surface area contributed by atoms with Crippen molar-refractivity contribution in [3.63, 3.8) is 0 Å². The van der Waals surface area contributed by atoms with Gasteiger partial charge in [-0.25, -0.2) is 4.98 Å². The molecular weight excluding hydrogens is 274 g/mol. The van der Waals surface area contributed by atoms with E-state index < -0.39 is 0 Å². The summed E-state index contributed by atoms with van der Waals surface area (Å²) in [5, 5.41) is 0. The van der Waals surface area contributed by atoms with Crippen molar-refractivity contribution in [2.45, 2.75) is 6.54 Å². The summed E-state index contributed by atoms with van der Waals surface area (Å²) in [6.07, 6.45) is 4.57. The van der Waals surface area contributed by atoms with Gasteiger partial charge >= 0.3 is 0 Å². The molecule has 1 amide bonds. The summed E-state index contributed by atoms with van der Waals surface area (Å²) in [5.74, 6) is -0.164. The first-order valence-corrected chi connectivity index (χ1v) is 7.01. The van der Waals surface area contributed by atoms with E-state index in [4.69, 9.17) is 0 Å². The molecule has 0 atom stereocenters. The second-order valence-electron chi connectivity index (χ2n) is 4.80. The van der Waals surface area contributed by atoms with Gasteiger partial charge < -0.3 is 4.90 Å². The molecule has 0 N–H and O–H groups in total. The number of nitrogens with zero attached hydrogens (tertiary/aromatic N) is 3. The summed E-state index contributed by atoms with van der Waals surface area (Å²) in [4.78, 5) is 22.6. The van der Waals surface area contributed by atoms with E-state index in [0.717, 1.165) is 11.3 Å². The summed E-state index contributed by atoms with van der Waals surface area (Å²) in [7, 11) is 0. The maximum atomic E-state index is 12.8. The second-order valence-corrected chi connectivity index (χ2v) is 4.80. The van der Waals surface area contributed by atoms with Crippen LogP contribution in [0.15, 0.2) is 79.3 Å². The van der Waals surface area contributed by atoms with Gasteiger partial charge in [0, 0.05) is 18.1 Å². The molecule has 0 aliphatic rings. The van der Waals surface area contributed by atoms with Gasteiger partial charge in [0.05, 0.1) is 12.7 Å². The lowest BCUT2D eigenvalue weighted by molar-refractivity contribution is 0.0980. The fourth-order valence-electron chi connectivity index (χ4n) is 2.20. The Kier molecular flexibility index (Phi) is 4.20. The van der Waals surface area contributed by atoms with Gasteiger partial charge in [-0.05, 0) is 17.7 Å². The Balaban J connectivity index is 1.95. The van der Waals surface area contributed by atoms with E-state index in [9.17, 15) is 4.79 Å². The Morgan fingerprint density at radius 3 is 2.23 bits per heavy atom. The standard InChI is InChI=1S/C18H15N3O/c22-18(17-13-19-11-12-20-17)21(16-9-5-2-6-10-16)14-15-7-3-1-4-8-15/h1-13H,14H2. The van der Waals surface area contributed by atoms with Crippen LogP contribution in [-0.2, 0) is 6.54 Å². The monoisotopic (exact) mass is 289 g/mol. The zero-order valence-electron chi connectivity index (χ0n) is 12.0. The van der Waals surface area contributed by atoms with Crippen molar-refractivity contribution in [1.29, 1.82) is 0 Å². The quantitative estimate of drug-likeness (QED) is 0.740. The van der Waals surface area contributed by atoms with E-state index in [1.807, 2.05) is 60.7 Å². The third-order valence-electron chi connectivity index (χ3n) is 3.28. The number of aromatic nitrogens is 2. The van der Waals surface area contributed by atoms with Crippen LogP contribution in [0.5, 0.6) is 0 Å². The molecule has 3 aromatic rings. The summed E-state index contributed by atoms with van der Waals surface area (Å²) in [6, 6.07) is 19.5. The first-order valence-electron chi connectivity index (χ1n) is 7.01. The van der Waals surface area contributed by atoms with Gasteiger partial charge in [0.2, 0.25) is 0 Å². The van der Waals surface area contributed by atoms with Crippen molar-refractivity contribution < 1.29 is 4.79 Å². The molecule has 0 fully saturated rings. The van der Waals surface area contributed by atoms with E-state index in [-0.39, 0.29) is 5.91 Å². The van der Waals surface area contributed by atoms with Crippen LogP contribution in [-0.4, -0.2) is 15.9 Å². The largest absolute Gasteiger partial charge is 0.303 e. The Morgan fingerprint density at radius 2 is 1.59 bits per heavy atom.